The lowest BCUT2D eigenvalue weighted by Crippen LogP contribution is -2.36. The van der Waals surface area contributed by atoms with Crippen molar-refractivity contribution in [1.29, 1.82) is 0 Å². The molecule has 1 rings (SSSR count). The molecule has 0 aliphatic carbocycles. The van der Waals surface area contributed by atoms with Gasteiger partial charge in [0, 0.05) is 0 Å². The SMILES string of the molecule is O=C(c1ccoc1)C(F)(F)C(F)F. The molecule has 0 bridgehead atoms. The van der Waals surface area contributed by atoms with Crippen LogP contribution < -0.4 is 0 Å². The molecule has 13 heavy (non-hydrogen) atoms. The van der Waals surface area contributed by atoms with Gasteiger partial charge in [-0.25, -0.2) is 8.78 Å². The van der Waals surface area contributed by atoms with Crippen LogP contribution in [0.1, 0.15) is 10.4 Å². The molecule has 0 aromatic carbocycles. The van der Waals surface area contributed by atoms with E-state index in [2.05, 4.69) is 4.42 Å². The summed E-state index contributed by atoms with van der Waals surface area (Å²) in [6.07, 6.45) is -2.36. The summed E-state index contributed by atoms with van der Waals surface area (Å²) in [6, 6.07) is 0.901. The molecule has 0 saturated heterocycles. The molecule has 0 fully saturated rings. The third-order valence-corrected chi connectivity index (χ3v) is 1.36. The second-order valence-electron chi connectivity index (χ2n) is 2.26. The molecule has 72 valence electrons. The predicted octanol–water partition coefficient (Wildman–Crippen LogP) is 2.36. The van der Waals surface area contributed by atoms with Gasteiger partial charge in [0.05, 0.1) is 11.8 Å². The molecule has 0 unspecified atom stereocenters. The summed E-state index contributed by atoms with van der Waals surface area (Å²) in [4.78, 5) is 10.7. The maximum Gasteiger partial charge on any atom is 0.369 e. The van der Waals surface area contributed by atoms with E-state index < -0.39 is 23.7 Å². The van der Waals surface area contributed by atoms with Crippen molar-refractivity contribution < 1.29 is 26.8 Å². The number of hydrogen-bond donors (Lipinski definition) is 0. The molecular weight excluding hydrogens is 192 g/mol. The molecule has 0 saturated carbocycles. The van der Waals surface area contributed by atoms with E-state index >= 15 is 0 Å². The van der Waals surface area contributed by atoms with E-state index in [0.717, 1.165) is 12.3 Å². The van der Waals surface area contributed by atoms with Crippen LogP contribution >= 0.6 is 0 Å². The van der Waals surface area contributed by atoms with Gasteiger partial charge in [-0.1, -0.05) is 0 Å². The quantitative estimate of drug-likeness (QED) is 0.548. The Balaban J connectivity index is 2.91. The molecule has 0 N–H and O–H groups in total. The Labute approximate surface area is 70.1 Å². The van der Waals surface area contributed by atoms with Crippen molar-refractivity contribution in [3.63, 3.8) is 0 Å². The van der Waals surface area contributed by atoms with E-state index in [0.29, 0.717) is 6.26 Å². The van der Waals surface area contributed by atoms with Crippen LogP contribution in [0.2, 0.25) is 0 Å². The van der Waals surface area contributed by atoms with Gasteiger partial charge in [-0.15, -0.1) is 0 Å². The number of carbonyl (C=O) groups is 1. The Hall–Kier alpha value is -1.33. The van der Waals surface area contributed by atoms with Gasteiger partial charge in [-0.3, -0.25) is 4.79 Å². The minimum Gasteiger partial charge on any atom is -0.472 e. The highest BCUT2D eigenvalue weighted by molar-refractivity contribution is 6.01. The zero-order valence-electron chi connectivity index (χ0n) is 6.14. The lowest BCUT2D eigenvalue weighted by Gasteiger charge is -2.11. The van der Waals surface area contributed by atoms with Crippen molar-refractivity contribution in [2.75, 3.05) is 0 Å². The zero-order valence-corrected chi connectivity index (χ0v) is 6.14. The summed E-state index contributed by atoms with van der Waals surface area (Å²) in [5.74, 6) is -6.58. The summed E-state index contributed by atoms with van der Waals surface area (Å²) in [5, 5.41) is 0. The number of furan rings is 1. The van der Waals surface area contributed by atoms with E-state index in [9.17, 15) is 22.4 Å². The average Bonchev–Trinajstić information content (AvgIpc) is 2.54. The van der Waals surface area contributed by atoms with Crippen LogP contribution in [-0.4, -0.2) is 18.1 Å². The first-order valence-corrected chi connectivity index (χ1v) is 3.19. The van der Waals surface area contributed by atoms with E-state index in [1.54, 1.807) is 0 Å². The highest BCUT2D eigenvalue weighted by Crippen LogP contribution is 2.27. The van der Waals surface area contributed by atoms with E-state index in [1.807, 2.05) is 0 Å². The van der Waals surface area contributed by atoms with Crippen LogP contribution in [-0.2, 0) is 0 Å². The van der Waals surface area contributed by atoms with Crippen LogP contribution in [0.3, 0.4) is 0 Å². The van der Waals surface area contributed by atoms with Crippen molar-refractivity contribution in [2.45, 2.75) is 12.3 Å². The largest absolute Gasteiger partial charge is 0.472 e. The van der Waals surface area contributed by atoms with Crippen LogP contribution in [0.15, 0.2) is 23.0 Å². The second kappa shape index (κ2) is 3.20. The normalized spacial score (nSPS) is 12.1. The second-order valence-corrected chi connectivity index (χ2v) is 2.26. The monoisotopic (exact) mass is 196 g/mol. The van der Waals surface area contributed by atoms with Crippen LogP contribution in [0.25, 0.3) is 0 Å². The molecule has 6 heteroatoms. The van der Waals surface area contributed by atoms with Gasteiger partial charge < -0.3 is 4.42 Å². The number of alkyl halides is 4. The number of rotatable bonds is 3. The molecule has 0 spiro atoms. The van der Waals surface area contributed by atoms with Gasteiger partial charge >= 0.3 is 12.3 Å². The Morgan fingerprint density at radius 1 is 1.46 bits per heavy atom. The third-order valence-electron chi connectivity index (χ3n) is 1.36. The third kappa shape index (κ3) is 1.71. The molecule has 0 amide bonds. The standard InChI is InChI=1S/C7H4F4O2/c8-6(9)7(10,11)5(12)4-1-2-13-3-4/h1-3,6H. The van der Waals surface area contributed by atoms with E-state index in [-0.39, 0.29) is 0 Å². The number of carbonyl (C=O) groups excluding carboxylic acids is 1. The van der Waals surface area contributed by atoms with Gasteiger partial charge in [0.2, 0.25) is 5.78 Å². The fourth-order valence-electron chi connectivity index (χ4n) is 0.685. The van der Waals surface area contributed by atoms with Gasteiger partial charge in [-0.05, 0) is 6.07 Å². The van der Waals surface area contributed by atoms with Crippen molar-refractivity contribution in [3.8, 4) is 0 Å². The first kappa shape index (κ1) is 9.76. The summed E-state index contributed by atoms with van der Waals surface area (Å²) in [7, 11) is 0. The molecule has 0 aliphatic rings. The van der Waals surface area contributed by atoms with Crippen molar-refractivity contribution in [2.24, 2.45) is 0 Å². The minimum absolute atomic E-state index is 0.565. The summed E-state index contributed by atoms with van der Waals surface area (Å²) < 4.78 is 52.3. The molecule has 1 aromatic rings. The van der Waals surface area contributed by atoms with Crippen LogP contribution in [0.4, 0.5) is 17.6 Å². The Bertz CT molecular complexity index is 291. The molecule has 0 radical (unpaired) electrons. The summed E-state index contributed by atoms with van der Waals surface area (Å²) >= 11 is 0. The minimum atomic E-state index is -4.65. The molecular formula is C7H4F4O2. The number of hydrogen-bond acceptors (Lipinski definition) is 2. The number of ketones is 1. The van der Waals surface area contributed by atoms with Crippen molar-refractivity contribution in [3.05, 3.63) is 24.2 Å². The first-order valence-electron chi connectivity index (χ1n) is 3.19. The van der Waals surface area contributed by atoms with Gasteiger partial charge in [-0.2, -0.15) is 8.78 Å². The number of halogens is 4. The van der Waals surface area contributed by atoms with E-state index in [1.165, 1.54) is 0 Å². The highest BCUT2D eigenvalue weighted by Gasteiger charge is 2.49. The average molecular weight is 196 g/mol. The Morgan fingerprint density at radius 3 is 2.46 bits per heavy atom. The first-order chi connectivity index (χ1) is 5.96. The van der Waals surface area contributed by atoms with Crippen LogP contribution in [0, 0.1) is 0 Å². The smallest absolute Gasteiger partial charge is 0.369 e. The fraction of sp³-hybridized carbons (Fsp3) is 0.286. The van der Waals surface area contributed by atoms with Gasteiger partial charge in [0.25, 0.3) is 0 Å². The summed E-state index contributed by atoms with van der Waals surface area (Å²) in [6.45, 7) is 0. The highest BCUT2D eigenvalue weighted by atomic mass is 19.3. The zero-order chi connectivity index (χ0) is 10.1. The van der Waals surface area contributed by atoms with Crippen molar-refractivity contribution in [1.82, 2.24) is 0 Å². The van der Waals surface area contributed by atoms with Gasteiger partial charge in [0.1, 0.15) is 6.26 Å². The summed E-state index contributed by atoms with van der Waals surface area (Å²) in [5.41, 5.74) is -0.565. The van der Waals surface area contributed by atoms with Gasteiger partial charge in [0.15, 0.2) is 0 Å². The Morgan fingerprint density at radius 2 is 2.08 bits per heavy atom. The predicted molar refractivity (Wildman–Crippen MR) is 34.0 cm³/mol. The van der Waals surface area contributed by atoms with E-state index in [4.69, 9.17) is 0 Å². The molecule has 1 heterocycles. The lowest BCUT2D eigenvalue weighted by atomic mass is 10.1. The molecule has 0 atom stereocenters. The lowest BCUT2D eigenvalue weighted by molar-refractivity contribution is -0.0958. The fourth-order valence-corrected chi connectivity index (χ4v) is 0.685. The molecule has 2 nitrogen and oxygen atoms in total. The number of Topliss-reactive ketones (excluding diaryl/α,β-unsaturated/α-hetero) is 1. The van der Waals surface area contributed by atoms with Crippen LogP contribution in [0.5, 0.6) is 0 Å². The van der Waals surface area contributed by atoms with Crippen molar-refractivity contribution >= 4 is 5.78 Å². The molecule has 0 aliphatic heterocycles. The molecule has 1 aromatic heterocycles. The maximum atomic E-state index is 12.4. The Kier molecular flexibility index (Phi) is 2.40. The topological polar surface area (TPSA) is 30.2 Å². The maximum absolute atomic E-state index is 12.4.